The normalized spacial score (nSPS) is 44.8. The van der Waals surface area contributed by atoms with Crippen molar-refractivity contribution in [1.29, 1.82) is 0 Å². The summed E-state index contributed by atoms with van der Waals surface area (Å²) in [4.78, 5) is 58.6. The maximum Gasteiger partial charge on any atom is 0.356 e. The maximum atomic E-state index is 13.9. The zero-order valence-corrected chi connectivity index (χ0v) is 44.8. The maximum absolute atomic E-state index is 13.9. The number of nitrogens with zero attached hydrogens (tertiary/aromatic N) is 1. The summed E-state index contributed by atoms with van der Waals surface area (Å²) in [6.45, 7) is 15.9. The van der Waals surface area contributed by atoms with E-state index < -0.39 is 11.9 Å². The van der Waals surface area contributed by atoms with Crippen LogP contribution in [-0.2, 0) is 18.9 Å². The van der Waals surface area contributed by atoms with Crippen molar-refractivity contribution in [2.24, 2.45) is 92.7 Å². The smallest absolute Gasteiger partial charge is 0.356 e. The van der Waals surface area contributed by atoms with Crippen LogP contribution >= 0.6 is 0 Å². The monoisotopic (exact) mass is 986 g/mol. The van der Waals surface area contributed by atoms with Gasteiger partial charge in [0.05, 0.1) is 24.3 Å². The Labute approximate surface area is 431 Å². The first-order valence-corrected chi connectivity index (χ1v) is 29.4. The Bertz CT molecular complexity index is 2210. The molecule has 0 amide bonds. The Morgan fingerprint density at radius 2 is 0.847 bits per heavy atom. The van der Waals surface area contributed by atoms with E-state index in [1.54, 1.807) is 36.4 Å². The number of hydrogen-bond donors (Lipinski definition) is 0. The summed E-state index contributed by atoms with van der Waals surface area (Å²) >= 11 is 0. The van der Waals surface area contributed by atoms with Gasteiger partial charge in [-0.2, -0.15) is 0 Å². The van der Waals surface area contributed by atoms with Crippen molar-refractivity contribution >= 4 is 23.9 Å². The van der Waals surface area contributed by atoms with Gasteiger partial charge in [0.25, 0.3) is 0 Å². The number of esters is 4. The molecule has 7 heterocycles. The van der Waals surface area contributed by atoms with Gasteiger partial charge in [0, 0.05) is 0 Å². The van der Waals surface area contributed by atoms with Crippen LogP contribution in [0.25, 0.3) is 0 Å². The predicted molar refractivity (Wildman–Crippen MR) is 277 cm³/mol. The highest BCUT2D eigenvalue weighted by atomic mass is 16.6. The summed E-state index contributed by atoms with van der Waals surface area (Å²) in [6.07, 6.45) is 24.5. The molecule has 8 saturated carbocycles. The number of carbonyl (C=O) groups is 4. The minimum Gasteiger partial charge on any atom is -0.461 e. The molecule has 20 bridgehead atoms. The van der Waals surface area contributed by atoms with Gasteiger partial charge < -0.3 is 18.9 Å². The van der Waals surface area contributed by atoms with Crippen LogP contribution in [0, 0.1) is 92.7 Å². The average molecular weight is 986 g/mol. The van der Waals surface area contributed by atoms with Crippen molar-refractivity contribution in [3.05, 3.63) is 65.0 Å². The van der Waals surface area contributed by atoms with Gasteiger partial charge in [-0.05, 0) is 264 Å². The van der Waals surface area contributed by atoms with Crippen molar-refractivity contribution in [2.45, 2.75) is 195 Å². The quantitative estimate of drug-likeness (QED) is 0.188. The van der Waals surface area contributed by atoms with E-state index in [-0.39, 0.29) is 46.4 Å². The standard InChI is InChI=1S/C63H87NO8/c1-38-11-9-33-69-58(67)54-15-8-16-55(64-54)59(68)70-34-10-12-39(2)49-22-24-51-47-20-18-43-37-45(26-30-61(43,4)53(47)28-32-63(49,51)6)72-57(66)41-14-7-13-40(35-41)56(65)71-44-25-29-60(3)42(36-44)17-19-46-50-23-21-48(38)62(50,5)31-27-52(46)60/h7-8,13-16,35,38-39,42-53H,9-12,17-34,36-37H2,1-6H3/t38-,39-,42+,43+,44-,45-,46+,47+,48-,49-,50+,51+,52+,53+,60+,61+,62-,63-/m1/s1. The third-order valence-electron chi connectivity index (χ3n) is 23.9. The van der Waals surface area contributed by atoms with Crippen LogP contribution in [0.3, 0.4) is 0 Å². The summed E-state index contributed by atoms with van der Waals surface area (Å²) in [5.41, 5.74) is 2.37. The molecular weight excluding hydrogens is 899 g/mol. The Morgan fingerprint density at radius 3 is 1.31 bits per heavy atom. The number of pyridine rings is 1. The molecule has 72 heavy (non-hydrogen) atoms. The lowest BCUT2D eigenvalue weighted by Gasteiger charge is -2.61. The molecule has 14 aliphatic rings. The summed E-state index contributed by atoms with van der Waals surface area (Å²) in [6, 6.07) is 12.1. The second kappa shape index (κ2) is 19.7. The molecule has 18 atom stereocenters. The van der Waals surface area contributed by atoms with Gasteiger partial charge in [-0.1, -0.05) is 53.7 Å². The van der Waals surface area contributed by atoms with E-state index >= 15 is 0 Å². The van der Waals surface area contributed by atoms with Crippen LogP contribution in [0.5, 0.6) is 0 Å². The van der Waals surface area contributed by atoms with Gasteiger partial charge in [0.1, 0.15) is 23.6 Å². The van der Waals surface area contributed by atoms with Gasteiger partial charge >= 0.3 is 23.9 Å². The lowest BCUT2D eigenvalue weighted by Crippen LogP contribution is -2.54. The number of rotatable bonds is 0. The highest BCUT2D eigenvalue weighted by molar-refractivity contribution is 5.95. The Balaban J connectivity index is 0.780. The second-order valence-electron chi connectivity index (χ2n) is 26.9. The SMILES string of the molecule is C[C@@H]1CCCOC(=O)c2cccc(n2)C(=O)OCCC[C@@H](C)[C@H]2CC[C@H]3[C@@H]4CC[C@H]5C[C@@H](CC[C@]5(C)[C@H]4CC[C@]23C)OC(=O)c2cccc(c2)C(=O)O[C@@H]2CC[C@@]3(C)[C@@H](CC[C@@H]4[C@@H]3CC[C@]3(C)[C@@H]1CC[C@@H]43)C2. The van der Waals surface area contributed by atoms with Crippen LogP contribution in [0.4, 0.5) is 0 Å². The van der Waals surface area contributed by atoms with Gasteiger partial charge in [0.15, 0.2) is 0 Å². The third kappa shape index (κ3) is 8.88. The molecule has 392 valence electrons. The van der Waals surface area contributed by atoms with Crippen LogP contribution in [0.1, 0.15) is 224 Å². The van der Waals surface area contributed by atoms with E-state index in [2.05, 4.69) is 46.5 Å². The van der Waals surface area contributed by atoms with Crippen LogP contribution in [0.15, 0.2) is 42.5 Å². The van der Waals surface area contributed by atoms with Gasteiger partial charge in [-0.25, -0.2) is 24.2 Å². The van der Waals surface area contributed by atoms with E-state index in [9.17, 15) is 19.2 Å². The van der Waals surface area contributed by atoms with E-state index in [1.165, 1.54) is 77.0 Å². The molecular formula is C63H87NO8. The van der Waals surface area contributed by atoms with Crippen LogP contribution in [-0.4, -0.2) is 54.3 Å². The van der Waals surface area contributed by atoms with Crippen molar-refractivity contribution in [2.75, 3.05) is 13.2 Å². The molecule has 1 aromatic carbocycles. The van der Waals surface area contributed by atoms with Crippen molar-refractivity contribution < 1.29 is 38.1 Å². The van der Waals surface area contributed by atoms with E-state index in [0.29, 0.717) is 82.5 Å². The lowest BCUT2D eigenvalue weighted by molar-refractivity contribution is -0.130. The number of hydrogen-bond acceptors (Lipinski definition) is 9. The molecule has 0 unspecified atom stereocenters. The topological polar surface area (TPSA) is 118 Å². The summed E-state index contributed by atoms with van der Waals surface area (Å²) in [5, 5.41) is 0. The lowest BCUT2D eigenvalue weighted by atomic mass is 9.44. The molecule has 0 saturated heterocycles. The largest absolute Gasteiger partial charge is 0.461 e. The van der Waals surface area contributed by atoms with E-state index in [1.807, 2.05) is 6.07 Å². The summed E-state index contributed by atoms with van der Waals surface area (Å²) in [7, 11) is 0. The summed E-state index contributed by atoms with van der Waals surface area (Å²) < 4.78 is 24.3. The molecule has 6 aliphatic heterocycles. The average Bonchev–Trinajstić information content (AvgIpc) is 3.93. The fraction of sp³-hybridized carbons (Fsp3) is 0.762. The zero-order valence-electron chi connectivity index (χ0n) is 44.8. The van der Waals surface area contributed by atoms with Crippen LogP contribution in [0.2, 0.25) is 0 Å². The molecule has 0 spiro atoms. The highest BCUT2D eigenvalue weighted by Crippen LogP contribution is 2.70. The van der Waals surface area contributed by atoms with E-state index in [0.717, 1.165) is 87.9 Å². The number of benzene rings is 1. The molecule has 2 aromatic rings. The van der Waals surface area contributed by atoms with Crippen LogP contribution < -0.4 is 0 Å². The predicted octanol–water partition coefficient (Wildman–Crippen LogP) is 14.3. The third-order valence-corrected chi connectivity index (χ3v) is 23.9. The van der Waals surface area contributed by atoms with Gasteiger partial charge in [-0.3, -0.25) is 0 Å². The fourth-order valence-corrected chi connectivity index (χ4v) is 20.2. The molecule has 8 fully saturated rings. The minimum atomic E-state index is -0.484. The Morgan fingerprint density at radius 1 is 0.444 bits per heavy atom. The second-order valence-corrected chi connectivity index (χ2v) is 26.9. The molecule has 1 aromatic heterocycles. The molecule has 0 radical (unpaired) electrons. The fourth-order valence-electron chi connectivity index (χ4n) is 20.2. The molecule has 9 heteroatoms. The Kier molecular flexibility index (Phi) is 13.8. The van der Waals surface area contributed by atoms with Crippen molar-refractivity contribution in [3.63, 3.8) is 0 Å². The molecule has 16 rings (SSSR count). The first kappa shape index (κ1) is 50.4. The first-order valence-electron chi connectivity index (χ1n) is 29.4. The van der Waals surface area contributed by atoms with Gasteiger partial charge in [-0.15, -0.1) is 0 Å². The molecule has 9 nitrogen and oxygen atoms in total. The zero-order chi connectivity index (χ0) is 50.2. The van der Waals surface area contributed by atoms with Crippen molar-refractivity contribution in [3.8, 4) is 0 Å². The molecule has 8 aliphatic carbocycles. The minimum absolute atomic E-state index is 0.101. The van der Waals surface area contributed by atoms with E-state index in [4.69, 9.17) is 18.9 Å². The summed E-state index contributed by atoms with van der Waals surface area (Å²) in [5.74, 6) is 6.29. The highest BCUT2D eigenvalue weighted by Gasteiger charge is 2.62. The number of ether oxygens (including phenoxy) is 4. The number of aromatic nitrogens is 1. The van der Waals surface area contributed by atoms with Crippen molar-refractivity contribution in [1.82, 2.24) is 4.98 Å². The first-order chi connectivity index (χ1) is 34.6. The van der Waals surface area contributed by atoms with Gasteiger partial charge in [0.2, 0.25) is 0 Å². The Hall–Kier alpha value is -3.75. The number of carbonyl (C=O) groups excluding carboxylic acids is 4. The molecule has 0 N–H and O–H groups in total.